The molecule has 4 heteroatoms. The molecule has 92 valence electrons. The highest BCUT2D eigenvalue weighted by Crippen LogP contribution is 2.30. The molecular formula is C13H17ClN2O. The van der Waals surface area contributed by atoms with Gasteiger partial charge in [0.25, 0.3) is 0 Å². The number of hydrogen-bond acceptors (Lipinski definition) is 2. The van der Waals surface area contributed by atoms with Crippen molar-refractivity contribution in [3.05, 3.63) is 29.3 Å². The van der Waals surface area contributed by atoms with Gasteiger partial charge < -0.3 is 10.6 Å². The minimum Gasteiger partial charge on any atom is -0.324 e. The summed E-state index contributed by atoms with van der Waals surface area (Å²) < 4.78 is 0. The molecule has 1 fully saturated rings. The number of halogens is 1. The van der Waals surface area contributed by atoms with E-state index in [1.807, 2.05) is 12.1 Å². The third-order valence-corrected chi connectivity index (χ3v) is 3.61. The van der Waals surface area contributed by atoms with E-state index in [0.29, 0.717) is 17.3 Å². The molecule has 0 heterocycles. The first-order valence-electron chi connectivity index (χ1n) is 5.88. The van der Waals surface area contributed by atoms with Crippen LogP contribution in [0.4, 0.5) is 5.69 Å². The topological polar surface area (TPSA) is 41.1 Å². The van der Waals surface area contributed by atoms with Gasteiger partial charge in [-0.1, -0.05) is 23.7 Å². The van der Waals surface area contributed by atoms with E-state index in [0.717, 1.165) is 12.8 Å². The number of carbonyl (C=O) groups is 1. The first-order chi connectivity index (χ1) is 8.09. The Bertz CT molecular complexity index is 416. The first kappa shape index (κ1) is 12.4. The van der Waals surface area contributed by atoms with Crippen LogP contribution in [0.2, 0.25) is 5.02 Å². The summed E-state index contributed by atoms with van der Waals surface area (Å²) in [5, 5.41) is 6.64. The van der Waals surface area contributed by atoms with Crippen molar-refractivity contribution in [2.45, 2.75) is 31.7 Å². The van der Waals surface area contributed by atoms with Crippen molar-refractivity contribution in [2.75, 3.05) is 11.9 Å². The fourth-order valence-electron chi connectivity index (χ4n) is 1.93. The van der Waals surface area contributed by atoms with Gasteiger partial charge in [-0.15, -0.1) is 0 Å². The lowest BCUT2D eigenvalue weighted by atomic mass is 9.78. The molecule has 0 unspecified atom stereocenters. The molecule has 1 aliphatic rings. The first-order valence-corrected chi connectivity index (χ1v) is 6.26. The van der Waals surface area contributed by atoms with Crippen LogP contribution in [0.1, 0.15) is 26.2 Å². The average molecular weight is 253 g/mol. The molecule has 2 N–H and O–H groups in total. The van der Waals surface area contributed by atoms with Gasteiger partial charge >= 0.3 is 0 Å². The van der Waals surface area contributed by atoms with Gasteiger partial charge in [0.1, 0.15) is 0 Å². The fraction of sp³-hybridized carbons (Fsp3) is 0.462. The van der Waals surface area contributed by atoms with Crippen molar-refractivity contribution >= 4 is 23.2 Å². The number of rotatable bonds is 4. The van der Waals surface area contributed by atoms with Gasteiger partial charge in [0, 0.05) is 5.54 Å². The van der Waals surface area contributed by atoms with E-state index >= 15 is 0 Å². The van der Waals surface area contributed by atoms with Crippen molar-refractivity contribution in [2.24, 2.45) is 0 Å². The van der Waals surface area contributed by atoms with Crippen molar-refractivity contribution in [1.82, 2.24) is 5.32 Å². The molecule has 2 rings (SSSR count). The van der Waals surface area contributed by atoms with Gasteiger partial charge in [0.2, 0.25) is 5.91 Å². The molecule has 0 aromatic heterocycles. The smallest absolute Gasteiger partial charge is 0.238 e. The number of carbonyl (C=O) groups excluding carboxylic acids is 1. The summed E-state index contributed by atoms with van der Waals surface area (Å²) in [6.45, 7) is 2.49. The summed E-state index contributed by atoms with van der Waals surface area (Å²) in [5.74, 6) is -0.0498. The highest BCUT2D eigenvalue weighted by Gasteiger charge is 2.31. The number of hydrogen-bond donors (Lipinski definition) is 2. The monoisotopic (exact) mass is 252 g/mol. The lowest BCUT2D eigenvalue weighted by molar-refractivity contribution is -0.115. The predicted molar refractivity (Wildman–Crippen MR) is 70.3 cm³/mol. The molecule has 0 radical (unpaired) electrons. The Labute approximate surface area is 107 Å². The summed E-state index contributed by atoms with van der Waals surface area (Å²) in [7, 11) is 0. The SMILES string of the molecule is CC1(NCC(=O)Nc2ccccc2Cl)CCC1. The van der Waals surface area contributed by atoms with Crippen molar-refractivity contribution in [3.63, 3.8) is 0 Å². The quantitative estimate of drug-likeness (QED) is 0.865. The minimum absolute atomic E-state index is 0.0498. The lowest BCUT2D eigenvalue weighted by Gasteiger charge is -2.39. The summed E-state index contributed by atoms with van der Waals surface area (Å²) in [5.41, 5.74) is 0.817. The van der Waals surface area contributed by atoms with E-state index in [2.05, 4.69) is 17.6 Å². The summed E-state index contributed by atoms with van der Waals surface area (Å²) in [6.07, 6.45) is 3.54. The summed E-state index contributed by atoms with van der Waals surface area (Å²) in [4.78, 5) is 11.7. The third-order valence-electron chi connectivity index (χ3n) is 3.28. The zero-order valence-corrected chi connectivity index (χ0v) is 10.7. The van der Waals surface area contributed by atoms with Crippen molar-refractivity contribution < 1.29 is 4.79 Å². The molecular weight excluding hydrogens is 236 g/mol. The van der Waals surface area contributed by atoms with Crippen molar-refractivity contribution in [1.29, 1.82) is 0 Å². The summed E-state index contributed by atoms with van der Waals surface area (Å²) in [6, 6.07) is 7.25. The third kappa shape index (κ3) is 3.20. The maximum absolute atomic E-state index is 11.7. The molecule has 17 heavy (non-hydrogen) atoms. The van der Waals surface area contributed by atoms with E-state index in [-0.39, 0.29) is 11.4 Å². The molecule has 1 saturated carbocycles. The van der Waals surface area contributed by atoms with Crippen LogP contribution in [-0.4, -0.2) is 18.0 Å². The molecule has 0 aliphatic heterocycles. The Morgan fingerprint density at radius 1 is 1.41 bits per heavy atom. The van der Waals surface area contributed by atoms with E-state index < -0.39 is 0 Å². The van der Waals surface area contributed by atoms with E-state index in [1.54, 1.807) is 12.1 Å². The van der Waals surface area contributed by atoms with Crippen molar-refractivity contribution in [3.8, 4) is 0 Å². The zero-order valence-electron chi connectivity index (χ0n) is 9.92. The van der Waals surface area contributed by atoms with Crippen LogP contribution in [0.15, 0.2) is 24.3 Å². The number of para-hydroxylation sites is 1. The highest BCUT2D eigenvalue weighted by molar-refractivity contribution is 6.33. The second-order valence-electron chi connectivity index (χ2n) is 4.80. The standard InChI is InChI=1S/C13H17ClN2O/c1-13(7-4-8-13)15-9-12(17)16-11-6-3-2-5-10(11)14/h2-3,5-6,15H,4,7-9H2,1H3,(H,16,17). The Hall–Kier alpha value is -1.06. The molecule has 1 amide bonds. The highest BCUT2D eigenvalue weighted by atomic mass is 35.5. The lowest BCUT2D eigenvalue weighted by Crippen LogP contribution is -2.50. The summed E-state index contributed by atoms with van der Waals surface area (Å²) >= 11 is 5.96. The van der Waals surface area contributed by atoms with Gasteiger partial charge in [-0.2, -0.15) is 0 Å². The Kier molecular flexibility index (Phi) is 3.69. The van der Waals surface area contributed by atoms with E-state index in [4.69, 9.17) is 11.6 Å². The number of anilines is 1. The van der Waals surface area contributed by atoms with Crippen LogP contribution in [-0.2, 0) is 4.79 Å². The second kappa shape index (κ2) is 5.07. The molecule has 0 atom stereocenters. The Balaban J connectivity index is 1.83. The molecule has 0 spiro atoms. The maximum atomic E-state index is 11.7. The van der Waals surface area contributed by atoms with Crippen LogP contribution in [0.25, 0.3) is 0 Å². The Morgan fingerprint density at radius 3 is 2.71 bits per heavy atom. The molecule has 1 aliphatic carbocycles. The fourth-order valence-corrected chi connectivity index (χ4v) is 2.12. The van der Waals surface area contributed by atoms with Gasteiger partial charge in [0.15, 0.2) is 0 Å². The van der Waals surface area contributed by atoms with Crippen LogP contribution < -0.4 is 10.6 Å². The molecule has 3 nitrogen and oxygen atoms in total. The van der Waals surface area contributed by atoms with Gasteiger partial charge in [-0.3, -0.25) is 4.79 Å². The molecule has 1 aromatic rings. The van der Waals surface area contributed by atoms with Gasteiger partial charge in [0.05, 0.1) is 17.3 Å². The number of benzene rings is 1. The van der Waals surface area contributed by atoms with Gasteiger partial charge in [-0.05, 0) is 38.3 Å². The normalized spacial score (nSPS) is 17.3. The molecule has 0 saturated heterocycles. The maximum Gasteiger partial charge on any atom is 0.238 e. The number of nitrogens with one attached hydrogen (secondary N) is 2. The van der Waals surface area contributed by atoms with Gasteiger partial charge in [-0.25, -0.2) is 0 Å². The second-order valence-corrected chi connectivity index (χ2v) is 5.20. The average Bonchev–Trinajstić information content (AvgIpc) is 2.27. The molecule has 0 bridgehead atoms. The van der Waals surface area contributed by atoms with Crippen LogP contribution >= 0.6 is 11.6 Å². The zero-order chi connectivity index (χ0) is 12.3. The predicted octanol–water partition coefficient (Wildman–Crippen LogP) is 2.81. The van der Waals surface area contributed by atoms with Crippen LogP contribution in [0.5, 0.6) is 0 Å². The van der Waals surface area contributed by atoms with Crippen LogP contribution in [0, 0.1) is 0 Å². The molecule has 1 aromatic carbocycles. The largest absolute Gasteiger partial charge is 0.324 e. The van der Waals surface area contributed by atoms with Crippen LogP contribution in [0.3, 0.4) is 0 Å². The van der Waals surface area contributed by atoms with E-state index in [9.17, 15) is 4.79 Å². The Morgan fingerprint density at radius 2 is 2.12 bits per heavy atom. The minimum atomic E-state index is -0.0498. The number of amides is 1. The van der Waals surface area contributed by atoms with E-state index in [1.165, 1.54) is 6.42 Å².